The van der Waals surface area contributed by atoms with Crippen LogP contribution in [0.5, 0.6) is 0 Å². The summed E-state index contributed by atoms with van der Waals surface area (Å²) in [6.07, 6.45) is 9.05. The van der Waals surface area contributed by atoms with Crippen LogP contribution in [0.25, 0.3) is 33.3 Å². The number of carbonyl (C=O) groups excluding carboxylic acids is 1. The Morgan fingerprint density at radius 3 is 2.69 bits per heavy atom. The highest BCUT2D eigenvalue weighted by atomic mass is 16.1. The van der Waals surface area contributed by atoms with Gasteiger partial charge < -0.3 is 10.3 Å². The number of nitrogens with zero attached hydrogens (tertiary/aromatic N) is 2. The van der Waals surface area contributed by atoms with Crippen molar-refractivity contribution in [2.75, 3.05) is 6.54 Å². The molecule has 0 aliphatic heterocycles. The molecule has 0 aliphatic rings. The molecule has 0 spiro atoms. The van der Waals surface area contributed by atoms with E-state index >= 15 is 0 Å². The Bertz CT molecular complexity index is 1060. The number of benzene rings is 1. The van der Waals surface area contributed by atoms with E-state index in [-0.39, 0.29) is 5.91 Å². The van der Waals surface area contributed by atoms with E-state index in [0.29, 0.717) is 12.1 Å². The summed E-state index contributed by atoms with van der Waals surface area (Å²) in [5, 5.41) is 10.6. The van der Waals surface area contributed by atoms with Gasteiger partial charge in [-0.15, -0.1) is 6.58 Å². The minimum Gasteiger partial charge on any atom is -0.349 e. The number of pyridine rings is 1. The molecule has 0 saturated heterocycles. The lowest BCUT2D eigenvalue weighted by Crippen LogP contribution is -2.22. The van der Waals surface area contributed by atoms with Gasteiger partial charge in [0.1, 0.15) is 5.65 Å². The Morgan fingerprint density at radius 1 is 1.12 bits per heavy atom. The number of amides is 1. The van der Waals surface area contributed by atoms with Gasteiger partial charge in [0.25, 0.3) is 5.91 Å². The maximum absolute atomic E-state index is 12.0. The first-order chi connectivity index (χ1) is 12.8. The third-order valence-corrected chi connectivity index (χ3v) is 4.23. The van der Waals surface area contributed by atoms with Gasteiger partial charge in [-0.25, -0.2) is 4.98 Å². The zero-order valence-corrected chi connectivity index (χ0v) is 14.0. The number of H-pyrrole nitrogens is 2. The van der Waals surface area contributed by atoms with Crippen LogP contribution in [0.3, 0.4) is 0 Å². The van der Waals surface area contributed by atoms with Crippen LogP contribution in [0, 0.1) is 0 Å². The molecule has 3 heterocycles. The standard InChI is InChI=1S/C20H17N5O/c1-2-7-21-20(26)14-5-3-13(4-6-14)15-8-17-18(16-10-24-25-11-16)12-23-19(17)22-9-15/h2-6,8-12H,1,7H2,(H,21,26)(H,22,23)(H,24,25). The highest BCUT2D eigenvalue weighted by molar-refractivity contribution is 5.96. The Morgan fingerprint density at radius 2 is 1.96 bits per heavy atom. The van der Waals surface area contributed by atoms with E-state index in [9.17, 15) is 4.79 Å². The summed E-state index contributed by atoms with van der Waals surface area (Å²) in [7, 11) is 0. The van der Waals surface area contributed by atoms with E-state index in [1.54, 1.807) is 12.3 Å². The average Bonchev–Trinajstić information content (AvgIpc) is 3.35. The topological polar surface area (TPSA) is 86.5 Å². The van der Waals surface area contributed by atoms with Crippen LogP contribution in [-0.4, -0.2) is 32.6 Å². The van der Waals surface area contributed by atoms with Gasteiger partial charge in [-0.3, -0.25) is 9.89 Å². The van der Waals surface area contributed by atoms with Crippen molar-refractivity contribution >= 4 is 16.9 Å². The summed E-state index contributed by atoms with van der Waals surface area (Å²) in [6, 6.07) is 9.57. The Labute approximate surface area is 150 Å². The van der Waals surface area contributed by atoms with Crippen LogP contribution in [0.15, 0.2) is 67.8 Å². The van der Waals surface area contributed by atoms with Crippen molar-refractivity contribution in [3.63, 3.8) is 0 Å². The lowest BCUT2D eigenvalue weighted by atomic mass is 10.0. The van der Waals surface area contributed by atoms with E-state index in [2.05, 4.69) is 38.1 Å². The van der Waals surface area contributed by atoms with Gasteiger partial charge in [0.05, 0.1) is 6.20 Å². The fourth-order valence-corrected chi connectivity index (χ4v) is 2.88. The van der Waals surface area contributed by atoms with Crippen LogP contribution in [0.1, 0.15) is 10.4 Å². The summed E-state index contributed by atoms with van der Waals surface area (Å²) in [5.74, 6) is -0.113. The van der Waals surface area contributed by atoms with E-state index in [1.165, 1.54) is 0 Å². The fraction of sp³-hybridized carbons (Fsp3) is 0.0500. The molecule has 0 aliphatic carbocycles. The molecule has 3 aromatic heterocycles. The average molecular weight is 343 g/mol. The lowest BCUT2D eigenvalue weighted by Gasteiger charge is -2.05. The van der Waals surface area contributed by atoms with Gasteiger partial charge in [0.15, 0.2) is 0 Å². The minimum atomic E-state index is -0.113. The highest BCUT2D eigenvalue weighted by Gasteiger charge is 2.10. The molecule has 3 N–H and O–H groups in total. The molecule has 1 aromatic carbocycles. The van der Waals surface area contributed by atoms with Crippen molar-refractivity contribution < 1.29 is 4.79 Å². The molecule has 1 amide bonds. The molecule has 0 fully saturated rings. The molecule has 0 bridgehead atoms. The molecule has 26 heavy (non-hydrogen) atoms. The van der Waals surface area contributed by atoms with Crippen molar-refractivity contribution in [1.82, 2.24) is 25.5 Å². The SMILES string of the molecule is C=CCNC(=O)c1ccc(-c2cnc3[nH]cc(-c4cn[nH]c4)c3c2)cc1. The summed E-state index contributed by atoms with van der Waals surface area (Å²) >= 11 is 0. The first-order valence-electron chi connectivity index (χ1n) is 8.22. The zero-order valence-electron chi connectivity index (χ0n) is 14.0. The maximum atomic E-state index is 12.0. The summed E-state index contributed by atoms with van der Waals surface area (Å²) < 4.78 is 0. The first-order valence-corrected chi connectivity index (χ1v) is 8.22. The molecule has 6 nitrogen and oxygen atoms in total. The number of aromatic nitrogens is 4. The van der Waals surface area contributed by atoms with Gasteiger partial charge >= 0.3 is 0 Å². The highest BCUT2D eigenvalue weighted by Crippen LogP contribution is 2.30. The molecule has 6 heteroatoms. The normalized spacial score (nSPS) is 10.8. The molecule has 4 rings (SSSR count). The monoisotopic (exact) mass is 343 g/mol. The van der Waals surface area contributed by atoms with Crippen LogP contribution in [0.2, 0.25) is 0 Å². The van der Waals surface area contributed by atoms with E-state index in [4.69, 9.17) is 0 Å². The second kappa shape index (κ2) is 6.68. The number of carbonyl (C=O) groups is 1. The molecular weight excluding hydrogens is 326 g/mol. The number of fused-ring (bicyclic) bond motifs is 1. The second-order valence-corrected chi connectivity index (χ2v) is 5.89. The molecule has 0 atom stereocenters. The molecular formula is C20H17N5O. The van der Waals surface area contributed by atoms with Crippen LogP contribution in [-0.2, 0) is 0 Å². The number of aromatic amines is 2. The molecule has 128 valence electrons. The summed E-state index contributed by atoms with van der Waals surface area (Å²) in [5.41, 5.74) is 5.47. The van der Waals surface area contributed by atoms with Crippen molar-refractivity contribution in [3.8, 4) is 22.3 Å². The first kappa shape index (κ1) is 15.8. The van der Waals surface area contributed by atoms with Crippen LogP contribution in [0.4, 0.5) is 0 Å². The van der Waals surface area contributed by atoms with E-state index < -0.39 is 0 Å². The summed E-state index contributed by atoms with van der Waals surface area (Å²) in [4.78, 5) is 19.7. The van der Waals surface area contributed by atoms with Crippen molar-refractivity contribution in [2.24, 2.45) is 0 Å². The molecule has 0 unspecified atom stereocenters. The summed E-state index contributed by atoms with van der Waals surface area (Å²) in [6.45, 7) is 4.05. The Balaban J connectivity index is 1.67. The third kappa shape index (κ3) is 2.88. The number of hydrogen-bond acceptors (Lipinski definition) is 3. The quantitative estimate of drug-likeness (QED) is 0.484. The maximum Gasteiger partial charge on any atom is 0.251 e. The van der Waals surface area contributed by atoms with Crippen LogP contribution < -0.4 is 5.32 Å². The van der Waals surface area contributed by atoms with E-state index in [0.717, 1.165) is 33.3 Å². The van der Waals surface area contributed by atoms with Gasteiger partial charge in [-0.05, 0) is 23.8 Å². The molecule has 0 radical (unpaired) electrons. The van der Waals surface area contributed by atoms with Crippen molar-refractivity contribution in [3.05, 3.63) is 73.3 Å². The minimum absolute atomic E-state index is 0.113. The predicted molar refractivity (Wildman–Crippen MR) is 102 cm³/mol. The number of rotatable bonds is 5. The molecule has 4 aromatic rings. The largest absolute Gasteiger partial charge is 0.349 e. The zero-order chi connectivity index (χ0) is 17.9. The predicted octanol–water partition coefficient (Wildman–Crippen LogP) is 3.54. The van der Waals surface area contributed by atoms with Crippen LogP contribution >= 0.6 is 0 Å². The number of hydrogen-bond donors (Lipinski definition) is 3. The Hall–Kier alpha value is -3.67. The number of nitrogens with one attached hydrogen (secondary N) is 3. The molecule has 0 saturated carbocycles. The van der Waals surface area contributed by atoms with Gasteiger partial charge in [-0.2, -0.15) is 5.10 Å². The van der Waals surface area contributed by atoms with Gasteiger partial charge in [0.2, 0.25) is 0 Å². The van der Waals surface area contributed by atoms with Crippen molar-refractivity contribution in [2.45, 2.75) is 0 Å². The van der Waals surface area contributed by atoms with Gasteiger partial charge in [0, 0.05) is 52.8 Å². The lowest BCUT2D eigenvalue weighted by molar-refractivity contribution is 0.0958. The fourth-order valence-electron chi connectivity index (χ4n) is 2.88. The Kier molecular flexibility index (Phi) is 4.07. The smallest absolute Gasteiger partial charge is 0.251 e. The second-order valence-electron chi connectivity index (χ2n) is 5.89. The van der Waals surface area contributed by atoms with Gasteiger partial charge in [-0.1, -0.05) is 18.2 Å². The van der Waals surface area contributed by atoms with E-state index in [1.807, 2.05) is 42.9 Å². The third-order valence-electron chi connectivity index (χ3n) is 4.23. The van der Waals surface area contributed by atoms with Crippen molar-refractivity contribution in [1.29, 1.82) is 0 Å².